The SMILES string of the molecule is CCCCc1ccc(C(=O)OC[C@@H]2CC[C@H](n3cc(F)c(N)nc3=O)O2)cc1. The molecule has 1 saturated heterocycles. The fraction of sp³-hybridized carbons (Fsp3) is 0.450. The number of rotatable bonds is 7. The molecule has 2 heterocycles. The molecule has 0 bridgehead atoms. The molecule has 0 spiro atoms. The molecule has 1 aliphatic heterocycles. The van der Waals surface area contributed by atoms with E-state index in [9.17, 15) is 14.0 Å². The average molecular weight is 389 g/mol. The molecular weight excluding hydrogens is 365 g/mol. The second-order valence-electron chi connectivity index (χ2n) is 6.85. The van der Waals surface area contributed by atoms with Crippen LogP contribution in [0.25, 0.3) is 0 Å². The van der Waals surface area contributed by atoms with Gasteiger partial charge in [-0.15, -0.1) is 0 Å². The van der Waals surface area contributed by atoms with E-state index in [1.807, 2.05) is 12.1 Å². The van der Waals surface area contributed by atoms with Gasteiger partial charge < -0.3 is 15.2 Å². The van der Waals surface area contributed by atoms with E-state index in [0.29, 0.717) is 18.4 Å². The number of hydrogen-bond acceptors (Lipinski definition) is 6. The number of benzene rings is 1. The predicted molar refractivity (Wildman–Crippen MR) is 101 cm³/mol. The molecule has 0 aliphatic carbocycles. The zero-order valence-electron chi connectivity index (χ0n) is 15.8. The minimum Gasteiger partial charge on any atom is -0.459 e. The Hall–Kier alpha value is -2.74. The molecule has 1 aliphatic rings. The Morgan fingerprint density at radius 2 is 2.11 bits per heavy atom. The van der Waals surface area contributed by atoms with Gasteiger partial charge in [0.05, 0.1) is 17.9 Å². The van der Waals surface area contributed by atoms with Crippen LogP contribution in [0.15, 0.2) is 35.3 Å². The summed E-state index contributed by atoms with van der Waals surface area (Å²) in [5.74, 6) is -1.64. The highest BCUT2D eigenvalue weighted by Gasteiger charge is 2.29. The molecule has 8 heteroatoms. The van der Waals surface area contributed by atoms with Crippen molar-refractivity contribution in [2.24, 2.45) is 0 Å². The van der Waals surface area contributed by atoms with E-state index in [1.165, 1.54) is 5.56 Å². The van der Waals surface area contributed by atoms with Gasteiger partial charge >= 0.3 is 11.7 Å². The molecule has 28 heavy (non-hydrogen) atoms. The number of carbonyl (C=O) groups excluding carboxylic acids is 1. The number of unbranched alkanes of at least 4 members (excludes halogenated alkanes) is 1. The number of ether oxygens (including phenoxy) is 2. The summed E-state index contributed by atoms with van der Waals surface area (Å²) in [6.45, 7) is 2.20. The molecule has 1 aromatic heterocycles. The van der Waals surface area contributed by atoms with Crippen LogP contribution < -0.4 is 11.4 Å². The van der Waals surface area contributed by atoms with Crippen LogP contribution in [0.3, 0.4) is 0 Å². The third-order valence-corrected chi connectivity index (χ3v) is 4.74. The number of esters is 1. The Labute approximate surface area is 162 Å². The zero-order valence-corrected chi connectivity index (χ0v) is 15.8. The summed E-state index contributed by atoms with van der Waals surface area (Å²) in [7, 11) is 0. The van der Waals surface area contributed by atoms with Gasteiger partial charge in [0, 0.05) is 0 Å². The van der Waals surface area contributed by atoms with Gasteiger partial charge in [-0.25, -0.2) is 14.0 Å². The monoisotopic (exact) mass is 389 g/mol. The van der Waals surface area contributed by atoms with Crippen molar-refractivity contribution >= 4 is 11.8 Å². The lowest BCUT2D eigenvalue weighted by atomic mass is 10.1. The van der Waals surface area contributed by atoms with E-state index in [1.54, 1.807) is 12.1 Å². The van der Waals surface area contributed by atoms with Crippen molar-refractivity contribution in [1.82, 2.24) is 9.55 Å². The first-order valence-electron chi connectivity index (χ1n) is 9.43. The number of halogens is 1. The van der Waals surface area contributed by atoms with E-state index in [2.05, 4.69) is 11.9 Å². The van der Waals surface area contributed by atoms with Gasteiger partial charge in [-0.3, -0.25) is 4.57 Å². The molecule has 150 valence electrons. The Bertz CT molecular complexity index is 882. The van der Waals surface area contributed by atoms with Crippen LogP contribution >= 0.6 is 0 Å². The molecule has 2 aromatic rings. The van der Waals surface area contributed by atoms with Gasteiger partial charge in [-0.2, -0.15) is 4.98 Å². The van der Waals surface area contributed by atoms with Gasteiger partial charge in [0.1, 0.15) is 12.8 Å². The summed E-state index contributed by atoms with van der Waals surface area (Å²) >= 11 is 0. The predicted octanol–water partition coefficient (Wildman–Crippen LogP) is 2.84. The highest BCUT2D eigenvalue weighted by Crippen LogP contribution is 2.27. The van der Waals surface area contributed by atoms with Gasteiger partial charge in [-0.1, -0.05) is 25.5 Å². The molecule has 0 saturated carbocycles. The first-order valence-corrected chi connectivity index (χ1v) is 9.43. The van der Waals surface area contributed by atoms with Gasteiger partial charge in [0.15, 0.2) is 11.6 Å². The summed E-state index contributed by atoms with van der Waals surface area (Å²) in [5.41, 5.74) is 6.28. The molecule has 1 aromatic carbocycles. The molecule has 1 fully saturated rings. The quantitative estimate of drug-likeness (QED) is 0.732. The van der Waals surface area contributed by atoms with Crippen molar-refractivity contribution in [1.29, 1.82) is 0 Å². The summed E-state index contributed by atoms with van der Waals surface area (Å²) < 4.78 is 25.7. The Morgan fingerprint density at radius 3 is 2.82 bits per heavy atom. The van der Waals surface area contributed by atoms with Crippen molar-refractivity contribution in [2.45, 2.75) is 51.4 Å². The third kappa shape index (κ3) is 4.75. The number of nitrogen functional groups attached to an aromatic ring is 1. The van der Waals surface area contributed by atoms with Gasteiger partial charge in [0.2, 0.25) is 0 Å². The van der Waals surface area contributed by atoms with Crippen LogP contribution in [0, 0.1) is 5.82 Å². The Kier molecular flexibility index (Phi) is 6.41. The summed E-state index contributed by atoms with van der Waals surface area (Å²) in [4.78, 5) is 27.5. The van der Waals surface area contributed by atoms with Crippen LogP contribution in [0.5, 0.6) is 0 Å². The van der Waals surface area contributed by atoms with Crippen molar-refractivity contribution in [3.8, 4) is 0 Å². The Balaban J connectivity index is 1.52. The molecule has 2 atom stereocenters. The van der Waals surface area contributed by atoms with Crippen LogP contribution in [-0.2, 0) is 15.9 Å². The number of aromatic nitrogens is 2. The molecule has 0 amide bonds. The smallest absolute Gasteiger partial charge is 0.351 e. The van der Waals surface area contributed by atoms with E-state index in [4.69, 9.17) is 15.2 Å². The zero-order chi connectivity index (χ0) is 20.1. The van der Waals surface area contributed by atoms with Gasteiger partial charge in [0.25, 0.3) is 0 Å². The lowest BCUT2D eigenvalue weighted by Crippen LogP contribution is -2.29. The number of aryl methyl sites for hydroxylation is 1. The fourth-order valence-electron chi connectivity index (χ4n) is 3.12. The second-order valence-corrected chi connectivity index (χ2v) is 6.85. The second kappa shape index (κ2) is 8.97. The first-order chi connectivity index (χ1) is 13.5. The number of nitrogens with two attached hydrogens (primary N) is 1. The first kappa shape index (κ1) is 20.0. The fourth-order valence-corrected chi connectivity index (χ4v) is 3.12. The Morgan fingerprint density at radius 1 is 1.36 bits per heavy atom. The normalized spacial score (nSPS) is 18.9. The van der Waals surface area contributed by atoms with Crippen LogP contribution in [-0.4, -0.2) is 28.2 Å². The minimum absolute atomic E-state index is 0.0621. The highest BCUT2D eigenvalue weighted by molar-refractivity contribution is 5.89. The van der Waals surface area contributed by atoms with Crippen LogP contribution in [0.2, 0.25) is 0 Å². The summed E-state index contributed by atoms with van der Waals surface area (Å²) in [5, 5.41) is 0. The maximum Gasteiger partial charge on any atom is 0.351 e. The third-order valence-electron chi connectivity index (χ3n) is 4.74. The average Bonchev–Trinajstić information content (AvgIpc) is 3.16. The molecule has 3 rings (SSSR count). The maximum absolute atomic E-state index is 13.6. The van der Waals surface area contributed by atoms with E-state index < -0.39 is 29.5 Å². The van der Waals surface area contributed by atoms with Gasteiger partial charge in [-0.05, 0) is 43.4 Å². The number of nitrogens with zero attached hydrogens (tertiary/aromatic N) is 2. The van der Waals surface area contributed by atoms with E-state index in [0.717, 1.165) is 30.0 Å². The van der Waals surface area contributed by atoms with Crippen molar-refractivity contribution < 1.29 is 18.7 Å². The largest absolute Gasteiger partial charge is 0.459 e. The molecule has 0 unspecified atom stereocenters. The van der Waals surface area contributed by atoms with Crippen LogP contribution in [0.1, 0.15) is 54.8 Å². The standard InChI is InChI=1S/C20H24FN3O4/c1-2-3-4-13-5-7-14(8-6-13)19(25)27-12-15-9-10-17(28-15)24-11-16(21)18(22)23-20(24)26/h5-8,11,15,17H,2-4,9-10,12H2,1H3,(H2,22,23,26)/t15-,17+/m0/s1. The number of anilines is 1. The van der Waals surface area contributed by atoms with Crippen molar-refractivity contribution in [3.05, 3.63) is 57.9 Å². The molecule has 2 N–H and O–H groups in total. The highest BCUT2D eigenvalue weighted by atomic mass is 19.1. The number of hydrogen-bond donors (Lipinski definition) is 1. The molecular formula is C20H24FN3O4. The molecule has 7 nitrogen and oxygen atoms in total. The summed E-state index contributed by atoms with van der Waals surface area (Å²) in [6, 6.07) is 7.38. The maximum atomic E-state index is 13.6. The summed E-state index contributed by atoms with van der Waals surface area (Å²) in [6.07, 6.45) is 4.25. The number of carbonyl (C=O) groups is 1. The lowest BCUT2D eigenvalue weighted by molar-refractivity contribution is -0.0342. The van der Waals surface area contributed by atoms with Crippen molar-refractivity contribution in [3.63, 3.8) is 0 Å². The van der Waals surface area contributed by atoms with Crippen LogP contribution in [0.4, 0.5) is 10.2 Å². The van der Waals surface area contributed by atoms with Crippen molar-refractivity contribution in [2.75, 3.05) is 12.3 Å². The molecule has 0 radical (unpaired) electrons. The van der Waals surface area contributed by atoms with E-state index in [-0.39, 0.29) is 12.7 Å². The lowest BCUT2D eigenvalue weighted by Gasteiger charge is -2.16. The topological polar surface area (TPSA) is 96.4 Å². The minimum atomic E-state index is -0.777. The van der Waals surface area contributed by atoms with E-state index >= 15 is 0 Å².